The summed E-state index contributed by atoms with van der Waals surface area (Å²) in [5.74, 6) is -0.0721. The molecule has 2 rings (SSSR count). The molecule has 0 amide bonds. The van der Waals surface area contributed by atoms with Crippen LogP contribution in [0.5, 0.6) is 0 Å². The quantitative estimate of drug-likeness (QED) is 0.802. The molecule has 1 unspecified atom stereocenters. The van der Waals surface area contributed by atoms with Crippen LogP contribution >= 0.6 is 0 Å². The van der Waals surface area contributed by atoms with Gasteiger partial charge in [0.25, 0.3) is 0 Å². The second kappa shape index (κ2) is 5.73. The third kappa shape index (κ3) is 4.34. The highest BCUT2D eigenvalue weighted by molar-refractivity contribution is 7.97. The predicted octanol–water partition coefficient (Wildman–Crippen LogP) is 2.41. The van der Waals surface area contributed by atoms with Crippen LogP contribution in [-0.2, 0) is 26.8 Å². The summed E-state index contributed by atoms with van der Waals surface area (Å²) in [5.41, 5.74) is 1.25. The van der Waals surface area contributed by atoms with Crippen LogP contribution in [0.2, 0.25) is 0 Å². The Hall–Kier alpha value is -1.37. The second-order valence-corrected chi connectivity index (χ2v) is 6.97. The van der Waals surface area contributed by atoms with E-state index in [1.165, 1.54) is 29.7 Å². The molecule has 0 saturated heterocycles. The molecule has 0 radical (unpaired) electrons. The van der Waals surface area contributed by atoms with Crippen LogP contribution in [0.15, 0.2) is 58.2 Å². The number of sulfone groups is 1. The van der Waals surface area contributed by atoms with E-state index >= 15 is 0 Å². The summed E-state index contributed by atoms with van der Waals surface area (Å²) in [6, 6.07) is 5.76. The highest BCUT2D eigenvalue weighted by Crippen LogP contribution is 2.16. The SMILES string of the molecule is O=S1(=O)C=CC(/C=C/[S+]([O-])Cc2ccc(F)cc2)=C1. The average molecular weight is 298 g/mol. The van der Waals surface area contributed by atoms with E-state index in [-0.39, 0.29) is 11.6 Å². The van der Waals surface area contributed by atoms with Crippen molar-refractivity contribution in [2.75, 3.05) is 0 Å². The fraction of sp³-hybridized carbons (Fsp3) is 0.0769. The number of allylic oxidation sites excluding steroid dienone is 3. The first kappa shape index (κ1) is 14.0. The van der Waals surface area contributed by atoms with Crippen molar-refractivity contribution in [2.45, 2.75) is 5.75 Å². The monoisotopic (exact) mass is 298 g/mol. The van der Waals surface area contributed by atoms with Crippen molar-refractivity contribution in [3.8, 4) is 0 Å². The van der Waals surface area contributed by atoms with Gasteiger partial charge >= 0.3 is 0 Å². The first-order chi connectivity index (χ1) is 8.94. The van der Waals surface area contributed by atoms with Crippen molar-refractivity contribution in [3.63, 3.8) is 0 Å². The van der Waals surface area contributed by atoms with Gasteiger partial charge in [0.15, 0.2) is 9.84 Å². The lowest BCUT2D eigenvalue weighted by atomic mass is 10.2. The van der Waals surface area contributed by atoms with Crippen molar-refractivity contribution in [2.24, 2.45) is 0 Å². The maximum absolute atomic E-state index is 12.7. The fourth-order valence-corrected chi connectivity index (χ4v) is 3.37. The van der Waals surface area contributed by atoms with Gasteiger partial charge in [0, 0.05) is 16.4 Å². The second-order valence-electron chi connectivity index (χ2n) is 3.96. The minimum atomic E-state index is -3.24. The highest BCUT2D eigenvalue weighted by Gasteiger charge is 2.10. The third-order valence-corrected chi connectivity index (χ3v) is 4.56. The third-order valence-electron chi connectivity index (χ3n) is 2.38. The number of benzene rings is 1. The Bertz CT molecular complexity index is 643. The molecular formula is C13H11FO3S2. The van der Waals surface area contributed by atoms with Gasteiger partial charge in [-0.2, -0.15) is 0 Å². The van der Waals surface area contributed by atoms with Gasteiger partial charge in [-0.05, 0) is 41.0 Å². The molecule has 0 N–H and O–H groups in total. The van der Waals surface area contributed by atoms with Gasteiger partial charge in [0.05, 0.1) is 0 Å². The summed E-state index contributed by atoms with van der Waals surface area (Å²) in [5, 5.41) is 3.63. The van der Waals surface area contributed by atoms with Gasteiger partial charge in [-0.1, -0.05) is 12.1 Å². The van der Waals surface area contributed by atoms with Crippen LogP contribution in [0, 0.1) is 5.82 Å². The maximum Gasteiger partial charge on any atom is 0.193 e. The zero-order chi connectivity index (χ0) is 13.9. The van der Waals surface area contributed by atoms with Crippen LogP contribution in [0.25, 0.3) is 0 Å². The maximum atomic E-state index is 12.7. The molecule has 1 aromatic rings. The molecule has 0 fully saturated rings. The number of halogens is 1. The lowest BCUT2D eigenvalue weighted by Crippen LogP contribution is -2.00. The van der Waals surface area contributed by atoms with Gasteiger partial charge in [-0.15, -0.1) is 0 Å². The first-order valence-electron chi connectivity index (χ1n) is 5.39. The van der Waals surface area contributed by atoms with Gasteiger partial charge < -0.3 is 4.55 Å². The molecule has 1 heterocycles. The predicted molar refractivity (Wildman–Crippen MR) is 73.5 cm³/mol. The van der Waals surface area contributed by atoms with E-state index in [2.05, 4.69) is 0 Å². The molecule has 1 aromatic carbocycles. The molecule has 1 aliphatic rings. The molecule has 6 heteroatoms. The molecule has 100 valence electrons. The van der Waals surface area contributed by atoms with Crippen molar-refractivity contribution >= 4 is 21.0 Å². The zero-order valence-corrected chi connectivity index (χ0v) is 11.5. The van der Waals surface area contributed by atoms with Crippen molar-refractivity contribution in [1.82, 2.24) is 0 Å². The van der Waals surface area contributed by atoms with Gasteiger partial charge in [0.2, 0.25) is 0 Å². The highest BCUT2D eigenvalue weighted by atomic mass is 32.2. The molecule has 19 heavy (non-hydrogen) atoms. The van der Waals surface area contributed by atoms with E-state index in [9.17, 15) is 17.4 Å². The average Bonchev–Trinajstić information content (AvgIpc) is 2.69. The van der Waals surface area contributed by atoms with Crippen LogP contribution in [0.1, 0.15) is 5.56 Å². The molecule has 0 aromatic heterocycles. The van der Waals surface area contributed by atoms with Crippen molar-refractivity contribution < 1.29 is 17.4 Å². The molecule has 3 nitrogen and oxygen atoms in total. The number of hydrogen-bond donors (Lipinski definition) is 0. The molecule has 0 saturated carbocycles. The lowest BCUT2D eigenvalue weighted by molar-refractivity contribution is 0.602. The molecule has 1 aliphatic heterocycles. The van der Waals surface area contributed by atoms with E-state index < -0.39 is 21.0 Å². The summed E-state index contributed by atoms with van der Waals surface area (Å²) in [4.78, 5) is 0. The summed E-state index contributed by atoms with van der Waals surface area (Å²) in [6.07, 6.45) is 2.95. The minimum Gasteiger partial charge on any atom is -0.612 e. The van der Waals surface area contributed by atoms with Crippen molar-refractivity contribution in [1.29, 1.82) is 0 Å². The van der Waals surface area contributed by atoms with Crippen LogP contribution in [0.3, 0.4) is 0 Å². The van der Waals surface area contributed by atoms with E-state index in [1.54, 1.807) is 12.1 Å². The Morgan fingerprint density at radius 3 is 2.53 bits per heavy atom. The van der Waals surface area contributed by atoms with E-state index in [0.717, 1.165) is 16.4 Å². The summed E-state index contributed by atoms with van der Waals surface area (Å²) < 4.78 is 46.6. The lowest BCUT2D eigenvalue weighted by Gasteiger charge is -2.05. The topological polar surface area (TPSA) is 57.2 Å². The smallest absolute Gasteiger partial charge is 0.193 e. The van der Waals surface area contributed by atoms with Crippen LogP contribution in [0.4, 0.5) is 4.39 Å². The zero-order valence-electron chi connectivity index (χ0n) is 9.82. The molecule has 1 atom stereocenters. The minimum absolute atomic E-state index is 0.264. The number of rotatable bonds is 4. The number of hydrogen-bond acceptors (Lipinski definition) is 3. The normalized spacial score (nSPS) is 18.7. The Morgan fingerprint density at radius 1 is 1.26 bits per heavy atom. The van der Waals surface area contributed by atoms with Gasteiger partial charge in [-0.25, -0.2) is 12.8 Å². The summed E-state index contributed by atoms with van der Waals surface area (Å²) in [7, 11) is -3.24. The first-order valence-corrected chi connectivity index (χ1v) is 8.38. The van der Waals surface area contributed by atoms with Gasteiger partial charge in [-0.3, -0.25) is 0 Å². The Balaban J connectivity index is 1.97. The van der Waals surface area contributed by atoms with E-state index in [0.29, 0.717) is 5.57 Å². The Morgan fingerprint density at radius 2 is 1.95 bits per heavy atom. The fourth-order valence-electron chi connectivity index (χ4n) is 1.48. The van der Waals surface area contributed by atoms with Crippen molar-refractivity contribution in [3.05, 3.63) is 69.6 Å². The van der Waals surface area contributed by atoms with E-state index in [1.807, 2.05) is 0 Å². The van der Waals surface area contributed by atoms with Crippen LogP contribution < -0.4 is 0 Å². The largest absolute Gasteiger partial charge is 0.612 e. The molecule has 0 spiro atoms. The molecule has 0 aliphatic carbocycles. The summed E-state index contributed by atoms with van der Waals surface area (Å²) in [6.45, 7) is 0. The van der Waals surface area contributed by atoms with Gasteiger partial charge in [0.1, 0.15) is 17.0 Å². The standard InChI is InChI=1S/C13H11FO3S2/c14-13-3-1-11(2-4-13)9-18(15)7-5-12-6-8-19(16,17)10-12/h1-8,10H,9H2/b7-5+. The Kier molecular flexibility index (Phi) is 4.24. The summed E-state index contributed by atoms with van der Waals surface area (Å²) >= 11 is -1.27. The van der Waals surface area contributed by atoms with Crippen LogP contribution in [-0.4, -0.2) is 13.0 Å². The Labute approximate surface area is 114 Å². The molecular weight excluding hydrogens is 287 g/mol. The molecule has 0 bridgehead atoms. The van der Waals surface area contributed by atoms with E-state index in [4.69, 9.17) is 0 Å².